The number of hydrogen-bond acceptors (Lipinski definition) is 0. The van der Waals surface area contributed by atoms with Gasteiger partial charge in [-0.15, -0.1) is 13.2 Å². The molecule has 0 saturated carbocycles. The molecule has 0 aromatic heterocycles. The van der Waals surface area contributed by atoms with Crippen LogP contribution in [0.1, 0.15) is 47.5 Å². The standard InChI is InChI=1S/C8H14.C7H12/c1-7(2)5-6-8(3)4;1-4-5-6-7(2)3/h5-6H,1-4H3;4H,1-2,5-6H2,3H3. The molecule has 0 aliphatic heterocycles. The summed E-state index contributed by atoms with van der Waals surface area (Å²) < 4.78 is 0. The summed E-state index contributed by atoms with van der Waals surface area (Å²) >= 11 is 0. The maximum Gasteiger partial charge on any atom is -0.0291 e. The Morgan fingerprint density at radius 2 is 1.33 bits per heavy atom. The first-order valence-electron chi connectivity index (χ1n) is 5.43. The lowest BCUT2D eigenvalue weighted by atomic mass is 10.2. The molecule has 0 amide bonds. The Kier molecular flexibility index (Phi) is 12.1. The lowest BCUT2D eigenvalue weighted by molar-refractivity contribution is 0.986. The van der Waals surface area contributed by atoms with Gasteiger partial charge in [-0.2, -0.15) is 0 Å². The molecule has 0 atom stereocenters. The summed E-state index contributed by atoms with van der Waals surface area (Å²) in [7, 11) is 0. The van der Waals surface area contributed by atoms with E-state index < -0.39 is 0 Å². The summed E-state index contributed by atoms with van der Waals surface area (Å²) in [6.07, 6.45) is 8.30. The van der Waals surface area contributed by atoms with E-state index in [4.69, 9.17) is 0 Å². The third-order valence-corrected chi connectivity index (χ3v) is 1.53. The fourth-order valence-corrected chi connectivity index (χ4v) is 0.682. The van der Waals surface area contributed by atoms with Gasteiger partial charge in [0.05, 0.1) is 0 Å². The van der Waals surface area contributed by atoms with Crippen LogP contribution in [0.15, 0.2) is 48.1 Å². The molecule has 0 aromatic carbocycles. The quantitative estimate of drug-likeness (QED) is 0.424. The highest BCUT2D eigenvalue weighted by Gasteiger charge is 1.78. The van der Waals surface area contributed by atoms with Gasteiger partial charge in [-0.25, -0.2) is 0 Å². The number of rotatable bonds is 4. The van der Waals surface area contributed by atoms with Crippen LogP contribution in [0.2, 0.25) is 0 Å². The van der Waals surface area contributed by atoms with Crippen LogP contribution in [0.5, 0.6) is 0 Å². The van der Waals surface area contributed by atoms with Gasteiger partial charge in [0.15, 0.2) is 0 Å². The van der Waals surface area contributed by atoms with Gasteiger partial charge in [-0.05, 0) is 47.5 Å². The van der Waals surface area contributed by atoms with Gasteiger partial charge in [0.2, 0.25) is 0 Å². The minimum absolute atomic E-state index is 1.06. The Morgan fingerprint density at radius 1 is 0.933 bits per heavy atom. The summed E-state index contributed by atoms with van der Waals surface area (Å²) in [4.78, 5) is 0. The highest BCUT2D eigenvalue weighted by atomic mass is 13.8. The van der Waals surface area contributed by atoms with Crippen molar-refractivity contribution in [2.75, 3.05) is 0 Å². The first kappa shape index (κ1) is 16.4. The molecule has 0 heteroatoms. The van der Waals surface area contributed by atoms with Crippen molar-refractivity contribution in [1.29, 1.82) is 0 Å². The van der Waals surface area contributed by atoms with Crippen LogP contribution < -0.4 is 0 Å². The average Bonchev–Trinajstić information content (AvgIpc) is 2.12. The first-order valence-corrected chi connectivity index (χ1v) is 5.43. The predicted octanol–water partition coefficient (Wildman–Crippen LogP) is 5.45. The van der Waals surface area contributed by atoms with Crippen LogP contribution in [-0.2, 0) is 0 Å². The van der Waals surface area contributed by atoms with Crippen LogP contribution in [0.4, 0.5) is 0 Å². The second kappa shape index (κ2) is 11.0. The monoisotopic (exact) mass is 206 g/mol. The minimum Gasteiger partial charge on any atom is -0.103 e. The molecule has 0 aliphatic carbocycles. The Balaban J connectivity index is 0. The smallest absolute Gasteiger partial charge is 0.0291 e. The molecule has 0 spiro atoms. The molecule has 86 valence electrons. The molecule has 0 saturated heterocycles. The second-order valence-electron chi connectivity index (χ2n) is 4.27. The second-order valence-corrected chi connectivity index (χ2v) is 4.27. The van der Waals surface area contributed by atoms with Gasteiger partial charge in [-0.3, -0.25) is 0 Å². The zero-order valence-corrected chi connectivity index (χ0v) is 11.1. The lowest BCUT2D eigenvalue weighted by Crippen LogP contribution is -1.68. The van der Waals surface area contributed by atoms with E-state index in [1.807, 2.05) is 13.0 Å². The van der Waals surface area contributed by atoms with E-state index in [1.54, 1.807) is 0 Å². The number of allylic oxidation sites excluding steroid dienone is 6. The Hall–Kier alpha value is -1.04. The zero-order chi connectivity index (χ0) is 12.3. The Labute approximate surface area is 96.1 Å². The van der Waals surface area contributed by atoms with E-state index in [0.717, 1.165) is 12.8 Å². The van der Waals surface area contributed by atoms with Crippen LogP contribution >= 0.6 is 0 Å². The molecule has 0 heterocycles. The van der Waals surface area contributed by atoms with Crippen molar-refractivity contribution in [3.05, 3.63) is 48.1 Å². The lowest BCUT2D eigenvalue weighted by Gasteiger charge is -1.88. The SMILES string of the molecule is C=CCCC(=C)C.CC(C)=CC=C(C)C. The summed E-state index contributed by atoms with van der Waals surface area (Å²) in [6, 6.07) is 0. The van der Waals surface area contributed by atoms with Crippen molar-refractivity contribution in [2.24, 2.45) is 0 Å². The minimum atomic E-state index is 1.06. The van der Waals surface area contributed by atoms with E-state index in [2.05, 4.69) is 53.0 Å². The van der Waals surface area contributed by atoms with Crippen molar-refractivity contribution in [2.45, 2.75) is 47.5 Å². The molecule has 0 radical (unpaired) electrons. The van der Waals surface area contributed by atoms with Crippen molar-refractivity contribution in [1.82, 2.24) is 0 Å². The van der Waals surface area contributed by atoms with Crippen LogP contribution in [-0.4, -0.2) is 0 Å². The molecule has 0 N–H and O–H groups in total. The third kappa shape index (κ3) is 24.6. The van der Waals surface area contributed by atoms with Gasteiger partial charge >= 0.3 is 0 Å². The maximum absolute atomic E-state index is 3.74. The molecule has 0 aromatic rings. The van der Waals surface area contributed by atoms with Crippen molar-refractivity contribution < 1.29 is 0 Å². The largest absolute Gasteiger partial charge is 0.103 e. The first-order chi connectivity index (χ1) is 6.90. The molecule has 15 heavy (non-hydrogen) atoms. The fraction of sp³-hybridized carbons (Fsp3) is 0.467. The van der Waals surface area contributed by atoms with Crippen molar-refractivity contribution >= 4 is 0 Å². The molecule has 0 nitrogen and oxygen atoms in total. The molecule has 0 bridgehead atoms. The normalized spacial score (nSPS) is 8.07. The van der Waals surface area contributed by atoms with Gasteiger partial charge in [0, 0.05) is 0 Å². The molecular formula is C15H26. The van der Waals surface area contributed by atoms with Gasteiger partial charge in [-0.1, -0.05) is 34.9 Å². The van der Waals surface area contributed by atoms with Crippen molar-refractivity contribution in [3.8, 4) is 0 Å². The highest BCUT2D eigenvalue weighted by Crippen LogP contribution is 1.98. The van der Waals surface area contributed by atoms with Crippen LogP contribution in [0.3, 0.4) is 0 Å². The summed E-state index contributed by atoms with van der Waals surface area (Å²) in [6.45, 7) is 17.8. The molecule has 0 unspecified atom stereocenters. The zero-order valence-electron chi connectivity index (χ0n) is 11.1. The van der Waals surface area contributed by atoms with E-state index in [0.29, 0.717) is 0 Å². The van der Waals surface area contributed by atoms with E-state index in [-0.39, 0.29) is 0 Å². The molecular weight excluding hydrogens is 180 g/mol. The van der Waals surface area contributed by atoms with Crippen molar-refractivity contribution in [3.63, 3.8) is 0 Å². The van der Waals surface area contributed by atoms with Gasteiger partial charge in [0.1, 0.15) is 0 Å². The van der Waals surface area contributed by atoms with E-state index >= 15 is 0 Å². The Morgan fingerprint density at radius 3 is 1.47 bits per heavy atom. The van der Waals surface area contributed by atoms with Crippen LogP contribution in [0, 0.1) is 0 Å². The highest BCUT2D eigenvalue weighted by molar-refractivity contribution is 5.12. The topological polar surface area (TPSA) is 0 Å². The van der Waals surface area contributed by atoms with E-state index in [9.17, 15) is 0 Å². The van der Waals surface area contributed by atoms with Gasteiger partial charge < -0.3 is 0 Å². The summed E-state index contributed by atoms with van der Waals surface area (Å²) in [5.74, 6) is 0. The summed E-state index contributed by atoms with van der Waals surface area (Å²) in [5, 5.41) is 0. The fourth-order valence-electron chi connectivity index (χ4n) is 0.682. The average molecular weight is 206 g/mol. The maximum atomic E-state index is 3.74. The van der Waals surface area contributed by atoms with Gasteiger partial charge in [0.25, 0.3) is 0 Å². The number of hydrogen-bond donors (Lipinski definition) is 0. The predicted molar refractivity (Wildman–Crippen MR) is 73.1 cm³/mol. The summed E-state index contributed by atoms with van der Waals surface area (Å²) in [5.41, 5.74) is 3.94. The third-order valence-electron chi connectivity index (χ3n) is 1.53. The van der Waals surface area contributed by atoms with E-state index in [1.165, 1.54) is 16.7 Å². The molecule has 0 aliphatic rings. The molecule has 0 fully saturated rings. The molecule has 0 rings (SSSR count). The van der Waals surface area contributed by atoms with Crippen LogP contribution in [0.25, 0.3) is 0 Å². The Bertz CT molecular complexity index is 215.